The smallest absolute Gasteiger partial charge is 0.361 e. The van der Waals surface area contributed by atoms with Crippen molar-refractivity contribution in [3.63, 3.8) is 0 Å². The van der Waals surface area contributed by atoms with Crippen LogP contribution in [0.25, 0.3) is 0 Å². The topological polar surface area (TPSA) is 81.3 Å². The van der Waals surface area contributed by atoms with Gasteiger partial charge in [-0.05, 0) is 38.0 Å². The minimum Gasteiger partial charge on any atom is -0.481 e. The Morgan fingerprint density at radius 1 is 1.07 bits per heavy atom. The van der Waals surface area contributed by atoms with Gasteiger partial charge < -0.3 is 14.5 Å². The highest BCUT2D eigenvalue weighted by atomic mass is 79.9. The van der Waals surface area contributed by atoms with Gasteiger partial charge in [0, 0.05) is 10.9 Å². The van der Waals surface area contributed by atoms with Crippen LogP contribution in [-0.4, -0.2) is 21.5 Å². The lowest BCUT2D eigenvalue weighted by Crippen LogP contribution is -2.28. The Bertz CT molecular complexity index is 1090. The third-order valence-corrected chi connectivity index (χ3v) is 4.83. The van der Waals surface area contributed by atoms with Gasteiger partial charge in [-0.25, -0.2) is 9.78 Å². The second-order valence-electron chi connectivity index (χ2n) is 7.73. The lowest BCUT2D eigenvalue weighted by atomic mass is 10.1. The van der Waals surface area contributed by atoms with Crippen molar-refractivity contribution >= 4 is 21.9 Å². The third kappa shape index (κ3) is 5.79. The molecule has 1 heterocycles. The number of carbonyl (C=O) groups excluding carboxylic acids is 1. The molecule has 1 N–H and O–H groups in total. The molecule has 0 atom stereocenters. The number of aromatic nitrogens is 2. The summed E-state index contributed by atoms with van der Waals surface area (Å²) in [5.41, 5.74) is 0.398. The molecule has 0 bridgehead atoms. The standard InChI is InChI=1S/C23H23BrN2O4/c1-23(2,3)30-22(28)19-20(29-14-15-9-5-4-6-10-15)21(27)26-18(25-19)13-16-11-7-8-12-17(16)24/h4-12H,13-14H2,1-3H3,(H,25,26,27). The first-order valence-corrected chi connectivity index (χ1v) is 10.3. The number of carbonyl (C=O) groups is 1. The number of esters is 1. The summed E-state index contributed by atoms with van der Waals surface area (Å²) in [6.45, 7) is 5.39. The van der Waals surface area contributed by atoms with Crippen LogP contribution in [0.4, 0.5) is 0 Å². The van der Waals surface area contributed by atoms with E-state index in [0.29, 0.717) is 12.2 Å². The van der Waals surface area contributed by atoms with Crippen LogP contribution in [0.5, 0.6) is 5.75 Å². The summed E-state index contributed by atoms with van der Waals surface area (Å²) in [7, 11) is 0. The number of H-pyrrole nitrogens is 1. The van der Waals surface area contributed by atoms with Crippen molar-refractivity contribution in [1.82, 2.24) is 9.97 Å². The van der Waals surface area contributed by atoms with E-state index in [-0.39, 0.29) is 18.1 Å². The van der Waals surface area contributed by atoms with Crippen LogP contribution in [0.2, 0.25) is 0 Å². The van der Waals surface area contributed by atoms with Gasteiger partial charge in [-0.1, -0.05) is 64.5 Å². The predicted octanol–water partition coefficient (Wildman–Crippen LogP) is 4.66. The molecule has 0 spiro atoms. The summed E-state index contributed by atoms with van der Waals surface area (Å²) in [5.74, 6) is -0.506. The van der Waals surface area contributed by atoms with Gasteiger partial charge in [0.25, 0.3) is 5.56 Å². The molecule has 30 heavy (non-hydrogen) atoms. The molecular formula is C23H23BrN2O4. The van der Waals surface area contributed by atoms with Gasteiger partial charge in [-0.2, -0.15) is 0 Å². The minimum absolute atomic E-state index is 0.130. The van der Waals surface area contributed by atoms with Crippen LogP contribution in [0.15, 0.2) is 63.9 Å². The highest BCUT2D eigenvalue weighted by molar-refractivity contribution is 9.10. The van der Waals surface area contributed by atoms with E-state index in [1.54, 1.807) is 20.8 Å². The Kier molecular flexibility index (Phi) is 6.72. The van der Waals surface area contributed by atoms with E-state index in [1.165, 1.54) is 0 Å². The molecule has 3 rings (SSSR count). The highest BCUT2D eigenvalue weighted by Gasteiger charge is 2.26. The van der Waals surface area contributed by atoms with E-state index >= 15 is 0 Å². The number of hydrogen-bond donors (Lipinski definition) is 1. The van der Waals surface area contributed by atoms with Crippen molar-refractivity contribution in [3.05, 3.63) is 92.1 Å². The van der Waals surface area contributed by atoms with E-state index in [4.69, 9.17) is 9.47 Å². The van der Waals surface area contributed by atoms with Crippen molar-refractivity contribution in [2.24, 2.45) is 0 Å². The van der Waals surface area contributed by atoms with Crippen LogP contribution in [0, 0.1) is 0 Å². The summed E-state index contributed by atoms with van der Waals surface area (Å²) in [5, 5.41) is 0. The molecule has 0 saturated carbocycles. The van der Waals surface area contributed by atoms with E-state index in [9.17, 15) is 9.59 Å². The van der Waals surface area contributed by atoms with Crippen LogP contribution >= 0.6 is 15.9 Å². The highest BCUT2D eigenvalue weighted by Crippen LogP contribution is 2.21. The van der Waals surface area contributed by atoms with E-state index in [0.717, 1.165) is 15.6 Å². The Balaban J connectivity index is 1.96. The zero-order chi connectivity index (χ0) is 21.7. The van der Waals surface area contributed by atoms with E-state index in [1.807, 2.05) is 54.6 Å². The number of nitrogens with one attached hydrogen (secondary N) is 1. The molecule has 0 radical (unpaired) electrons. The van der Waals surface area contributed by atoms with Gasteiger partial charge in [0.2, 0.25) is 5.75 Å². The van der Waals surface area contributed by atoms with Gasteiger partial charge in [-0.15, -0.1) is 0 Å². The number of halogens is 1. The first-order valence-electron chi connectivity index (χ1n) is 9.49. The first-order chi connectivity index (χ1) is 14.2. The molecule has 2 aromatic carbocycles. The molecule has 0 fully saturated rings. The third-order valence-electron chi connectivity index (χ3n) is 4.06. The maximum absolute atomic E-state index is 12.8. The van der Waals surface area contributed by atoms with Gasteiger partial charge >= 0.3 is 5.97 Å². The zero-order valence-electron chi connectivity index (χ0n) is 17.1. The number of benzene rings is 2. The molecule has 3 aromatic rings. The number of hydrogen-bond acceptors (Lipinski definition) is 5. The first kappa shape index (κ1) is 21.8. The summed E-state index contributed by atoms with van der Waals surface area (Å²) >= 11 is 3.49. The quantitative estimate of drug-likeness (QED) is 0.529. The molecular weight excluding hydrogens is 448 g/mol. The van der Waals surface area contributed by atoms with Crippen molar-refractivity contribution in [2.45, 2.75) is 39.4 Å². The molecule has 6 nitrogen and oxygen atoms in total. The lowest BCUT2D eigenvalue weighted by molar-refractivity contribution is 0.00573. The van der Waals surface area contributed by atoms with Crippen molar-refractivity contribution < 1.29 is 14.3 Å². The van der Waals surface area contributed by atoms with Gasteiger partial charge in [0.15, 0.2) is 5.69 Å². The van der Waals surface area contributed by atoms with Crippen LogP contribution in [0.1, 0.15) is 48.2 Å². The number of ether oxygens (including phenoxy) is 2. The fourth-order valence-corrected chi connectivity index (χ4v) is 3.17. The van der Waals surface area contributed by atoms with Crippen LogP contribution in [0.3, 0.4) is 0 Å². The van der Waals surface area contributed by atoms with Gasteiger partial charge in [0.05, 0.1) is 0 Å². The lowest BCUT2D eigenvalue weighted by Gasteiger charge is -2.20. The molecule has 0 aliphatic rings. The monoisotopic (exact) mass is 470 g/mol. The second kappa shape index (κ2) is 9.26. The molecule has 156 valence electrons. The van der Waals surface area contributed by atoms with Crippen LogP contribution in [-0.2, 0) is 17.8 Å². The predicted molar refractivity (Wildman–Crippen MR) is 118 cm³/mol. The zero-order valence-corrected chi connectivity index (χ0v) is 18.7. The summed E-state index contributed by atoms with van der Waals surface area (Å²) in [6.07, 6.45) is 0.339. The Morgan fingerprint density at radius 3 is 2.40 bits per heavy atom. The number of rotatable bonds is 6. The average Bonchev–Trinajstić information content (AvgIpc) is 2.68. The average molecular weight is 471 g/mol. The molecule has 0 aliphatic carbocycles. The maximum Gasteiger partial charge on any atom is 0.361 e. The van der Waals surface area contributed by atoms with Crippen molar-refractivity contribution in [2.75, 3.05) is 0 Å². The maximum atomic E-state index is 12.8. The fraction of sp³-hybridized carbons (Fsp3) is 0.261. The fourth-order valence-electron chi connectivity index (χ4n) is 2.74. The summed E-state index contributed by atoms with van der Waals surface area (Å²) in [6, 6.07) is 17.0. The Labute approximate surface area is 183 Å². The van der Waals surface area contributed by atoms with Gasteiger partial charge in [0.1, 0.15) is 18.0 Å². The molecule has 1 aromatic heterocycles. The Morgan fingerprint density at radius 2 is 1.73 bits per heavy atom. The van der Waals surface area contributed by atoms with Crippen molar-refractivity contribution in [1.29, 1.82) is 0 Å². The summed E-state index contributed by atoms with van der Waals surface area (Å²) < 4.78 is 12.0. The number of nitrogens with zero attached hydrogens (tertiary/aromatic N) is 1. The van der Waals surface area contributed by atoms with Crippen molar-refractivity contribution in [3.8, 4) is 5.75 Å². The normalized spacial score (nSPS) is 11.2. The summed E-state index contributed by atoms with van der Waals surface area (Å²) in [4.78, 5) is 32.7. The molecule has 0 aliphatic heterocycles. The SMILES string of the molecule is CC(C)(C)OC(=O)c1nc(Cc2ccccc2Br)[nH]c(=O)c1OCc1ccccc1. The molecule has 0 amide bonds. The molecule has 0 unspecified atom stereocenters. The number of aromatic amines is 1. The minimum atomic E-state index is -0.735. The molecule has 7 heteroatoms. The largest absolute Gasteiger partial charge is 0.481 e. The van der Waals surface area contributed by atoms with Gasteiger partial charge in [-0.3, -0.25) is 4.79 Å². The Hall–Kier alpha value is -2.93. The van der Waals surface area contributed by atoms with Crippen LogP contribution < -0.4 is 10.3 Å². The molecule has 0 saturated heterocycles. The van der Waals surface area contributed by atoms with E-state index < -0.39 is 17.1 Å². The van der Waals surface area contributed by atoms with E-state index in [2.05, 4.69) is 25.9 Å². The second-order valence-corrected chi connectivity index (χ2v) is 8.59.